The zero-order chi connectivity index (χ0) is 17.5. The fourth-order valence-corrected chi connectivity index (χ4v) is 2.52. The van der Waals surface area contributed by atoms with E-state index in [2.05, 4.69) is 10.6 Å². The molecule has 1 aromatic rings. The van der Waals surface area contributed by atoms with Crippen LogP contribution in [0, 0.1) is 11.6 Å². The third-order valence-electron chi connectivity index (χ3n) is 3.80. The van der Waals surface area contributed by atoms with Gasteiger partial charge in [-0.2, -0.15) is 0 Å². The summed E-state index contributed by atoms with van der Waals surface area (Å²) in [7, 11) is 0. The minimum Gasteiger partial charge on any atom is -0.450 e. The summed E-state index contributed by atoms with van der Waals surface area (Å²) in [4.78, 5) is 25.0. The summed E-state index contributed by atoms with van der Waals surface area (Å²) in [5.74, 6) is -2.15. The Kier molecular flexibility index (Phi) is 6.48. The monoisotopic (exact) mass is 341 g/mol. The number of nitrogens with one attached hydrogen (secondary N) is 2. The number of carbonyl (C=O) groups is 2. The van der Waals surface area contributed by atoms with Gasteiger partial charge < -0.3 is 20.3 Å². The number of carbonyl (C=O) groups excluding carboxylic acids is 2. The van der Waals surface area contributed by atoms with Gasteiger partial charge in [-0.1, -0.05) is 6.07 Å². The highest BCUT2D eigenvalue weighted by Crippen LogP contribution is 2.17. The predicted octanol–water partition coefficient (Wildman–Crippen LogP) is 2.11. The SMILES string of the molecule is CCOC(=O)N1CCC(NCC(=O)Nc2c(F)cccc2F)CC1. The van der Waals surface area contributed by atoms with Crippen molar-refractivity contribution in [2.75, 3.05) is 31.6 Å². The van der Waals surface area contributed by atoms with Crippen LogP contribution in [0.1, 0.15) is 19.8 Å². The van der Waals surface area contributed by atoms with Crippen molar-refractivity contribution in [3.8, 4) is 0 Å². The molecule has 2 rings (SSSR count). The molecule has 8 heteroatoms. The van der Waals surface area contributed by atoms with Crippen LogP contribution in [0.25, 0.3) is 0 Å². The Morgan fingerprint density at radius 1 is 1.25 bits per heavy atom. The molecule has 1 aliphatic heterocycles. The van der Waals surface area contributed by atoms with Crippen LogP contribution in [-0.2, 0) is 9.53 Å². The number of para-hydroxylation sites is 1. The van der Waals surface area contributed by atoms with Crippen molar-refractivity contribution < 1.29 is 23.1 Å². The molecule has 0 bridgehead atoms. The molecule has 6 nitrogen and oxygen atoms in total. The van der Waals surface area contributed by atoms with Crippen LogP contribution in [-0.4, -0.2) is 49.2 Å². The first-order valence-electron chi connectivity index (χ1n) is 7.90. The minimum atomic E-state index is -0.814. The van der Waals surface area contributed by atoms with E-state index < -0.39 is 23.2 Å². The van der Waals surface area contributed by atoms with Gasteiger partial charge in [0.15, 0.2) is 0 Å². The van der Waals surface area contributed by atoms with Crippen molar-refractivity contribution in [2.24, 2.45) is 0 Å². The summed E-state index contributed by atoms with van der Waals surface area (Å²) in [6.45, 7) is 3.12. The Hall–Kier alpha value is -2.22. The molecule has 1 aromatic carbocycles. The second-order valence-corrected chi connectivity index (χ2v) is 5.49. The van der Waals surface area contributed by atoms with Crippen LogP contribution in [0.5, 0.6) is 0 Å². The normalized spacial score (nSPS) is 15.2. The zero-order valence-corrected chi connectivity index (χ0v) is 13.5. The molecule has 132 valence electrons. The first kappa shape index (κ1) is 18.1. The second kappa shape index (κ2) is 8.58. The molecule has 2 N–H and O–H groups in total. The smallest absolute Gasteiger partial charge is 0.409 e. The molecule has 1 saturated heterocycles. The molecule has 0 atom stereocenters. The lowest BCUT2D eigenvalue weighted by atomic mass is 10.1. The number of likely N-dealkylation sites (tertiary alicyclic amines) is 1. The number of piperidine rings is 1. The third-order valence-corrected chi connectivity index (χ3v) is 3.80. The Bertz CT molecular complexity index is 570. The molecule has 1 heterocycles. The van der Waals surface area contributed by atoms with Crippen molar-refractivity contribution in [3.63, 3.8) is 0 Å². The first-order chi connectivity index (χ1) is 11.5. The molecule has 0 unspecified atom stereocenters. The van der Waals surface area contributed by atoms with Gasteiger partial charge in [0.05, 0.1) is 13.2 Å². The average molecular weight is 341 g/mol. The van der Waals surface area contributed by atoms with Crippen molar-refractivity contribution in [2.45, 2.75) is 25.8 Å². The van der Waals surface area contributed by atoms with Crippen LogP contribution >= 0.6 is 0 Å². The van der Waals surface area contributed by atoms with Gasteiger partial charge in [-0.3, -0.25) is 4.79 Å². The predicted molar refractivity (Wildman–Crippen MR) is 84.6 cm³/mol. The largest absolute Gasteiger partial charge is 0.450 e. The van der Waals surface area contributed by atoms with Gasteiger partial charge in [0, 0.05) is 19.1 Å². The number of hydrogen-bond acceptors (Lipinski definition) is 4. The molecular formula is C16H21F2N3O3. The molecule has 1 fully saturated rings. The fraction of sp³-hybridized carbons (Fsp3) is 0.500. The van der Waals surface area contributed by atoms with Crippen LogP contribution in [0.3, 0.4) is 0 Å². The summed E-state index contributed by atoms with van der Waals surface area (Å²) < 4.78 is 31.9. The molecule has 0 spiro atoms. The molecule has 24 heavy (non-hydrogen) atoms. The maximum Gasteiger partial charge on any atom is 0.409 e. The standard InChI is InChI=1S/C16H21F2N3O3/c1-2-24-16(23)21-8-6-11(7-9-21)19-10-14(22)20-15-12(17)4-3-5-13(15)18/h3-5,11,19H,2,6-10H2,1H3,(H,20,22). The maximum atomic E-state index is 13.5. The number of ether oxygens (including phenoxy) is 1. The Labute approximate surface area is 139 Å². The first-order valence-corrected chi connectivity index (χ1v) is 7.90. The summed E-state index contributed by atoms with van der Waals surface area (Å²) in [5, 5.41) is 5.26. The topological polar surface area (TPSA) is 70.7 Å². The van der Waals surface area contributed by atoms with Gasteiger partial charge in [0.1, 0.15) is 17.3 Å². The van der Waals surface area contributed by atoms with E-state index in [4.69, 9.17) is 4.74 Å². The van der Waals surface area contributed by atoms with Crippen molar-refractivity contribution >= 4 is 17.7 Å². The molecular weight excluding hydrogens is 320 g/mol. The summed E-state index contributed by atoms with van der Waals surface area (Å²) >= 11 is 0. The van der Waals surface area contributed by atoms with Gasteiger partial charge in [-0.15, -0.1) is 0 Å². The van der Waals surface area contributed by atoms with Crippen LogP contribution in [0.4, 0.5) is 19.3 Å². The summed E-state index contributed by atoms with van der Waals surface area (Å²) in [6, 6.07) is 3.46. The van der Waals surface area contributed by atoms with Crippen LogP contribution in [0.2, 0.25) is 0 Å². The van der Waals surface area contributed by atoms with Gasteiger partial charge >= 0.3 is 6.09 Å². The maximum absolute atomic E-state index is 13.5. The van der Waals surface area contributed by atoms with E-state index in [0.29, 0.717) is 32.5 Å². The van der Waals surface area contributed by atoms with E-state index in [9.17, 15) is 18.4 Å². The highest BCUT2D eigenvalue weighted by Gasteiger charge is 2.23. The van der Waals surface area contributed by atoms with Gasteiger partial charge in [-0.05, 0) is 31.9 Å². The molecule has 0 saturated carbocycles. The molecule has 0 aliphatic carbocycles. The number of nitrogens with zero attached hydrogens (tertiary/aromatic N) is 1. The molecule has 1 aliphatic rings. The van der Waals surface area contributed by atoms with Gasteiger partial charge in [-0.25, -0.2) is 13.6 Å². The van der Waals surface area contributed by atoms with Crippen molar-refractivity contribution in [1.29, 1.82) is 0 Å². The lowest BCUT2D eigenvalue weighted by molar-refractivity contribution is -0.115. The van der Waals surface area contributed by atoms with E-state index in [1.165, 1.54) is 6.07 Å². The summed E-state index contributed by atoms with van der Waals surface area (Å²) in [5.41, 5.74) is -0.443. The number of amides is 2. The third kappa shape index (κ3) is 4.89. The Balaban J connectivity index is 1.74. The van der Waals surface area contributed by atoms with E-state index in [1.807, 2.05) is 0 Å². The van der Waals surface area contributed by atoms with Gasteiger partial charge in [0.25, 0.3) is 0 Å². The number of anilines is 1. The number of hydrogen-bond donors (Lipinski definition) is 2. The van der Waals surface area contributed by atoms with E-state index in [-0.39, 0.29) is 18.7 Å². The lowest BCUT2D eigenvalue weighted by Gasteiger charge is -2.31. The number of rotatable bonds is 5. The van der Waals surface area contributed by atoms with Gasteiger partial charge in [0.2, 0.25) is 5.91 Å². The number of halogens is 2. The fourth-order valence-electron chi connectivity index (χ4n) is 2.52. The van der Waals surface area contributed by atoms with Crippen molar-refractivity contribution in [3.05, 3.63) is 29.8 Å². The van der Waals surface area contributed by atoms with Crippen LogP contribution < -0.4 is 10.6 Å². The Morgan fingerprint density at radius 3 is 2.46 bits per heavy atom. The quantitative estimate of drug-likeness (QED) is 0.861. The molecule has 0 radical (unpaired) electrons. The lowest BCUT2D eigenvalue weighted by Crippen LogP contribution is -2.46. The highest BCUT2D eigenvalue weighted by atomic mass is 19.1. The summed E-state index contributed by atoms with van der Waals surface area (Å²) in [6.07, 6.45) is 1.03. The number of benzene rings is 1. The highest BCUT2D eigenvalue weighted by molar-refractivity contribution is 5.92. The Morgan fingerprint density at radius 2 is 1.88 bits per heavy atom. The van der Waals surface area contributed by atoms with E-state index in [1.54, 1.807) is 11.8 Å². The van der Waals surface area contributed by atoms with E-state index >= 15 is 0 Å². The minimum absolute atomic E-state index is 0.0577. The zero-order valence-electron chi connectivity index (χ0n) is 13.5. The average Bonchev–Trinajstić information content (AvgIpc) is 2.57. The van der Waals surface area contributed by atoms with Crippen LogP contribution in [0.15, 0.2) is 18.2 Å². The van der Waals surface area contributed by atoms with Crippen molar-refractivity contribution in [1.82, 2.24) is 10.2 Å². The van der Waals surface area contributed by atoms with E-state index in [0.717, 1.165) is 12.1 Å². The molecule has 2 amide bonds. The molecule has 0 aromatic heterocycles. The second-order valence-electron chi connectivity index (χ2n) is 5.49.